The van der Waals surface area contributed by atoms with Crippen LogP contribution in [0, 0.1) is 0 Å². The molecule has 0 spiro atoms. The van der Waals surface area contributed by atoms with Crippen molar-refractivity contribution in [3.05, 3.63) is 70.8 Å². The van der Waals surface area contributed by atoms with Crippen molar-refractivity contribution in [2.24, 2.45) is 0 Å². The number of likely N-dealkylation sites (tertiary alicyclic amines) is 1. The summed E-state index contributed by atoms with van der Waals surface area (Å²) in [7, 11) is 2.28. The monoisotopic (exact) mass is 321 g/mol. The SMILES string of the molecule is CC(C)c1ccc(C2(c3ccc(C(C)C)cc3)CCCN2C)cc1. The van der Waals surface area contributed by atoms with Crippen LogP contribution in [0.3, 0.4) is 0 Å². The molecule has 2 aromatic carbocycles. The Morgan fingerprint density at radius 2 is 1.17 bits per heavy atom. The standard InChI is InChI=1S/C23H31N/c1-17(2)19-7-11-21(12-8-19)23(15-6-16-24(23)5)22-13-9-20(10-14-22)18(3)4/h7-14,17-18H,6,15-16H2,1-5H3. The normalized spacial score (nSPS) is 17.8. The molecule has 2 aromatic rings. The first-order valence-electron chi connectivity index (χ1n) is 9.37. The van der Waals surface area contributed by atoms with Gasteiger partial charge in [-0.15, -0.1) is 0 Å². The summed E-state index contributed by atoms with van der Waals surface area (Å²) in [6.07, 6.45) is 2.46. The van der Waals surface area contributed by atoms with Crippen LogP contribution in [0.5, 0.6) is 0 Å². The third-order valence-corrected chi connectivity index (χ3v) is 5.79. The highest BCUT2D eigenvalue weighted by Gasteiger charge is 2.41. The highest BCUT2D eigenvalue weighted by Crippen LogP contribution is 2.44. The third-order valence-electron chi connectivity index (χ3n) is 5.79. The van der Waals surface area contributed by atoms with Crippen LogP contribution < -0.4 is 0 Å². The Hall–Kier alpha value is -1.60. The minimum absolute atomic E-state index is 0.0328. The van der Waals surface area contributed by atoms with Crippen LogP contribution in [0.4, 0.5) is 0 Å². The second kappa shape index (κ2) is 6.72. The fraction of sp³-hybridized carbons (Fsp3) is 0.478. The lowest BCUT2D eigenvalue weighted by Crippen LogP contribution is -2.39. The molecule has 1 aliphatic heterocycles. The third kappa shape index (κ3) is 2.91. The zero-order valence-electron chi connectivity index (χ0n) is 15.8. The molecule has 1 aliphatic rings. The van der Waals surface area contributed by atoms with Gasteiger partial charge in [-0.25, -0.2) is 0 Å². The van der Waals surface area contributed by atoms with Crippen LogP contribution in [0.15, 0.2) is 48.5 Å². The highest BCUT2D eigenvalue weighted by atomic mass is 15.2. The first-order chi connectivity index (χ1) is 11.4. The van der Waals surface area contributed by atoms with Gasteiger partial charge < -0.3 is 0 Å². The zero-order valence-corrected chi connectivity index (χ0v) is 15.8. The summed E-state index contributed by atoms with van der Waals surface area (Å²) < 4.78 is 0. The molecule has 3 rings (SSSR count). The Morgan fingerprint density at radius 1 is 0.750 bits per heavy atom. The van der Waals surface area contributed by atoms with E-state index < -0.39 is 0 Å². The number of benzene rings is 2. The minimum atomic E-state index is 0.0328. The second-order valence-electron chi connectivity index (χ2n) is 7.94. The summed E-state index contributed by atoms with van der Waals surface area (Å²) in [4.78, 5) is 2.54. The molecule has 1 fully saturated rings. The minimum Gasteiger partial charge on any atom is -0.293 e. The molecular formula is C23H31N. The molecule has 1 heteroatoms. The van der Waals surface area contributed by atoms with Crippen LogP contribution in [0.2, 0.25) is 0 Å². The average Bonchev–Trinajstić information content (AvgIpc) is 2.97. The highest BCUT2D eigenvalue weighted by molar-refractivity contribution is 5.42. The fourth-order valence-corrected chi connectivity index (χ4v) is 4.14. The van der Waals surface area contributed by atoms with Gasteiger partial charge in [-0.1, -0.05) is 76.2 Å². The predicted molar refractivity (Wildman–Crippen MR) is 104 cm³/mol. The molecule has 0 aromatic heterocycles. The largest absolute Gasteiger partial charge is 0.293 e. The quantitative estimate of drug-likeness (QED) is 0.677. The molecule has 0 bridgehead atoms. The van der Waals surface area contributed by atoms with Gasteiger partial charge in [0.05, 0.1) is 5.54 Å². The molecule has 0 unspecified atom stereocenters. The molecule has 0 amide bonds. The fourth-order valence-electron chi connectivity index (χ4n) is 4.14. The summed E-state index contributed by atoms with van der Waals surface area (Å²) in [6, 6.07) is 18.7. The Labute approximate surface area is 147 Å². The van der Waals surface area contributed by atoms with Crippen molar-refractivity contribution in [1.82, 2.24) is 4.90 Å². The lowest BCUT2D eigenvalue weighted by Gasteiger charge is -2.38. The van der Waals surface area contributed by atoms with E-state index >= 15 is 0 Å². The van der Waals surface area contributed by atoms with Gasteiger partial charge in [0.2, 0.25) is 0 Å². The number of hydrogen-bond donors (Lipinski definition) is 0. The van der Waals surface area contributed by atoms with E-state index in [1.165, 1.54) is 35.1 Å². The van der Waals surface area contributed by atoms with Gasteiger partial charge in [0.25, 0.3) is 0 Å². The van der Waals surface area contributed by atoms with E-state index in [0.717, 1.165) is 6.54 Å². The van der Waals surface area contributed by atoms with Gasteiger partial charge in [0.15, 0.2) is 0 Å². The lowest BCUT2D eigenvalue weighted by molar-refractivity contribution is 0.222. The maximum atomic E-state index is 2.54. The lowest BCUT2D eigenvalue weighted by atomic mass is 9.79. The zero-order chi connectivity index (χ0) is 17.3. The molecule has 0 N–H and O–H groups in total. The van der Waals surface area contributed by atoms with Crippen molar-refractivity contribution < 1.29 is 0 Å². The van der Waals surface area contributed by atoms with Crippen LogP contribution in [0.1, 0.15) is 74.6 Å². The Kier molecular flexibility index (Phi) is 4.83. The summed E-state index contributed by atoms with van der Waals surface area (Å²) in [5.74, 6) is 1.17. The van der Waals surface area contributed by atoms with E-state index in [1.54, 1.807) is 0 Å². The second-order valence-corrected chi connectivity index (χ2v) is 7.94. The molecular weight excluding hydrogens is 290 g/mol. The van der Waals surface area contributed by atoms with Crippen LogP contribution in [-0.2, 0) is 5.54 Å². The molecule has 24 heavy (non-hydrogen) atoms. The van der Waals surface area contributed by atoms with Crippen molar-refractivity contribution in [2.45, 2.75) is 57.9 Å². The van der Waals surface area contributed by atoms with Crippen LogP contribution >= 0.6 is 0 Å². The van der Waals surface area contributed by atoms with E-state index in [4.69, 9.17) is 0 Å². The van der Waals surface area contributed by atoms with Crippen molar-refractivity contribution in [2.75, 3.05) is 13.6 Å². The number of hydrogen-bond acceptors (Lipinski definition) is 1. The van der Waals surface area contributed by atoms with Crippen LogP contribution in [0.25, 0.3) is 0 Å². The van der Waals surface area contributed by atoms with E-state index in [0.29, 0.717) is 11.8 Å². The average molecular weight is 322 g/mol. The maximum absolute atomic E-state index is 2.54. The number of nitrogens with zero attached hydrogens (tertiary/aromatic N) is 1. The molecule has 0 atom stereocenters. The van der Waals surface area contributed by atoms with Crippen LogP contribution in [-0.4, -0.2) is 18.5 Å². The topological polar surface area (TPSA) is 3.24 Å². The summed E-state index contributed by atoms with van der Waals surface area (Å²) in [5.41, 5.74) is 5.74. The smallest absolute Gasteiger partial charge is 0.0713 e. The van der Waals surface area contributed by atoms with Gasteiger partial charge >= 0.3 is 0 Å². The molecule has 0 saturated carbocycles. The van der Waals surface area contributed by atoms with Crippen molar-refractivity contribution in [1.29, 1.82) is 0 Å². The van der Waals surface area contributed by atoms with E-state index in [-0.39, 0.29) is 5.54 Å². The molecule has 0 aliphatic carbocycles. The van der Waals surface area contributed by atoms with Gasteiger partial charge in [0.1, 0.15) is 0 Å². The van der Waals surface area contributed by atoms with E-state index in [1.807, 2.05) is 0 Å². The summed E-state index contributed by atoms with van der Waals surface area (Å²) in [5, 5.41) is 0. The van der Waals surface area contributed by atoms with E-state index in [9.17, 15) is 0 Å². The maximum Gasteiger partial charge on any atom is 0.0713 e. The number of rotatable bonds is 4. The molecule has 1 saturated heterocycles. The van der Waals surface area contributed by atoms with Crippen molar-refractivity contribution in [3.8, 4) is 0 Å². The molecule has 1 heterocycles. The van der Waals surface area contributed by atoms with Crippen molar-refractivity contribution >= 4 is 0 Å². The first-order valence-corrected chi connectivity index (χ1v) is 9.37. The molecule has 128 valence electrons. The Bertz CT molecular complexity index is 613. The predicted octanol–water partition coefficient (Wildman–Crippen LogP) is 5.90. The molecule has 1 nitrogen and oxygen atoms in total. The first kappa shape index (κ1) is 17.2. The van der Waals surface area contributed by atoms with Gasteiger partial charge in [-0.3, -0.25) is 4.90 Å². The van der Waals surface area contributed by atoms with Gasteiger partial charge in [-0.2, -0.15) is 0 Å². The Balaban J connectivity index is 2.05. The summed E-state index contributed by atoms with van der Waals surface area (Å²) in [6.45, 7) is 10.2. The van der Waals surface area contributed by atoms with Gasteiger partial charge in [-0.05, 0) is 60.5 Å². The van der Waals surface area contributed by atoms with Gasteiger partial charge in [0, 0.05) is 0 Å². The summed E-state index contributed by atoms with van der Waals surface area (Å²) >= 11 is 0. The van der Waals surface area contributed by atoms with E-state index in [2.05, 4.69) is 88.2 Å². The van der Waals surface area contributed by atoms with Crippen molar-refractivity contribution in [3.63, 3.8) is 0 Å². The molecule has 0 radical (unpaired) electrons. The Morgan fingerprint density at radius 3 is 1.46 bits per heavy atom.